The van der Waals surface area contributed by atoms with Crippen LogP contribution in [0.25, 0.3) is 5.52 Å². The Morgan fingerprint density at radius 1 is 1.22 bits per heavy atom. The van der Waals surface area contributed by atoms with Gasteiger partial charge in [0.25, 0.3) is 0 Å². The van der Waals surface area contributed by atoms with E-state index in [0.29, 0.717) is 31.0 Å². The van der Waals surface area contributed by atoms with Crippen LogP contribution >= 0.6 is 0 Å². The first-order valence-electron chi connectivity index (χ1n) is 7.02. The molecule has 3 rings (SSSR count). The summed E-state index contributed by atoms with van der Waals surface area (Å²) in [5.74, 6) is -1.40. The topological polar surface area (TPSA) is 79.8 Å². The molecule has 10 heteroatoms. The Morgan fingerprint density at radius 2 is 1.91 bits per heavy atom. The summed E-state index contributed by atoms with van der Waals surface area (Å²) in [4.78, 5) is 17.9. The van der Waals surface area contributed by atoms with Crippen molar-refractivity contribution in [1.82, 2.24) is 24.4 Å². The molecule has 3 heterocycles. The first-order chi connectivity index (χ1) is 10.9. The van der Waals surface area contributed by atoms with Gasteiger partial charge in [-0.2, -0.15) is 18.3 Å². The van der Waals surface area contributed by atoms with Crippen LogP contribution in [0.2, 0.25) is 0 Å². The number of nitrogens with two attached hydrogens (primary N) is 1. The van der Waals surface area contributed by atoms with Crippen LogP contribution in [-0.4, -0.2) is 62.7 Å². The van der Waals surface area contributed by atoms with Gasteiger partial charge in [0.15, 0.2) is 5.82 Å². The molecule has 1 saturated heterocycles. The number of carbonyl (C=O) groups is 1. The second-order valence-corrected chi connectivity index (χ2v) is 5.33. The number of hydrogen-bond acceptors (Lipinski definition) is 5. The monoisotopic (exact) mass is 328 g/mol. The zero-order valence-corrected chi connectivity index (χ0v) is 12.1. The quantitative estimate of drug-likeness (QED) is 0.869. The molecular formula is C13H15F3N6O. The Labute approximate surface area is 129 Å². The minimum absolute atomic E-state index is 0.0543. The van der Waals surface area contributed by atoms with Crippen LogP contribution in [0.5, 0.6) is 0 Å². The molecule has 0 radical (unpaired) electrons. The predicted molar refractivity (Wildman–Crippen MR) is 75.3 cm³/mol. The standard InChI is InChI=1S/C13H15F3N6O/c14-13(15,16)12(23)21-5-3-20(4-6-21)7-9-1-2-10-11(17)18-8-19-22(9)10/h1-2,8H,3-7H2,(H2,17,18,19). The van der Waals surface area contributed by atoms with E-state index in [9.17, 15) is 18.0 Å². The van der Waals surface area contributed by atoms with Gasteiger partial charge in [-0.25, -0.2) is 9.50 Å². The summed E-state index contributed by atoms with van der Waals surface area (Å²) < 4.78 is 38.9. The van der Waals surface area contributed by atoms with Crippen LogP contribution in [-0.2, 0) is 11.3 Å². The number of nitrogen functional groups attached to an aromatic ring is 1. The first-order valence-corrected chi connectivity index (χ1v) is 7.02. The third-order valence-electron chi connectivity index (χ3n) is 3.85. The maximum atomic E-state index is 12.4. The number of anilines is 1. The molecule has 2 N–H and O–H groups in total. The molecule has 1 aliphatic heterocycles. The summed E-state index contributed by atoms with van der Waals surface area (Å²) in [5, 5.41) is 4.13. The van der Waals surface area contributed by atoms with Gasteiger partial charge in [0.05, 0.1) is 5.69 Å². The highest BCUT2D eigenvalue weighted by atomic mass is 19.4. The molecule has 0 aromatic carbocycles. The van der Waals surface area contributed by atoms with Crippen LogP contribution in [0, 0.1) is 0 Å². The van der Waals surface area contributed by atoms with Crippen LogP contribution in [0.15, 0.2) is 18.5 Å². The molecule has 0 spiro atoms. The van der Waals surface area contributed by atoms with Crippen molar-refractivity contribution >= 4 is 17.2 Å². The van der Waals surface area contributed by atoms with Crippen molar-refractivity contribution < 1.29 is 18.0 Å². The summed E-state index contributed by atoms with van der Waals surface area (Å²) in [5.41, 5.74) is 7.31. The number of amides is 1. The lowest BCUT2D eigenvalue weighted by molar-refractivity contribution is -0.187. The number of rotatable bonds is 2. The number of aromatic nitrogens is 3. The average molecular weight is 328 g/mol. The molecule has 2 aromatic rings. The third kappa shape index (κ3) is 3.07. The number of fused-ring (bicyclic) bond motifs is 1. The van der Waals surface area contributed by atoms with Crippen molar-refractivity contribution in [1.29, 1.82) is 0 Å². The number of nitrogens with zero attached hydrogens (tertiary/aromatic N) is 5. The Morgan fingerprint density at radius 3 is 2.57 bits per heavy atom. The fraction of sp³-hybridized carbons (Fsp3) is 0.462. The molecule has 1 amide bonds. The lowest BCUT2D eigenvalue weighted by Crippen LogP contribution is -2.52. The highest BCUT2D eigenvalue weighted by molar-refractivity contribution is 5.81. The van der Waals surface area contributed by atoms with Crippen LogP contribution in [0.3, 0.4) is 0 Å². The highest BCUT2D eigenvalue weighted by Crippen LogP contribution is 2.20. The Hall–Kier alpha value is -2.36. The number of halogens is 3. The van der Waals surface area contributed by atoms with E-state index in [2.05, 4.69) is 10.1 Å². The molecule has 2 aromatic heterocycles. The highest BCUT2D eigenvalue weighted by Gasteiger charge is 2.43. The number of piperazine rings is 1. The fourth-order valence-corrected chi connectivity index (χ4v) is 2.64. The average Bonchev–Trinajstić information content (AvgIpc) is 2.91. The van der Waals surface area contributed by atoms with E-state index in [1.165, 1.54) is 6.33 Å². The molecule has 0 bridgehead atoms. The molecule has 0 aliphatic carbocycles. The summed E-state index contributed by atoms with van der Waals surface area (Å²) in [6.07, 6.45) is -3.46. The lowest BCUT2D eigenvalue weighted by Gasteiger charge is -2.34. The summed E-state index contributed by atoms with van der Waals surface area (Å²) >= 11 is 0. The SMILES string of the molecule is Nc1ncnn2c(CN3CCN(C(=O)C(F)(F)F)CC3)ccc12. The minimum Gasteiger partial charge on any atom is -0.382 e. The van der Waals surface area contributed by atoms with E-state index >= 15 is 0 Å². The zero-order chi connectivity index (χ0) is 16.6. The van der Waals surface area contributed by atoms with Gasteiger partial charge in [0.1, 0.15) is 11.8 Å². The van der Waals surface area contributed by atoms with Crippen LogP contribution in [0.1, 0.15) is 5.69 Å². The largest absolute Gasteiger partial charge is 0.471 e. The van der Waals surface area contributed by atoms with E-state index in [0.717, 1.165) is 10.6 Å². The molecule has 1 fully saturated rings. The smallest absolute Gasteiger partial charge is 0.382 e. The van der Waals surface area contributed by atoms with Gasteiger partial charge in [0, 0.05) is 32.7 Å². The fourth-order valence-electron chi connectivity index (χ4n) is 2.64. The van der Waals surface area contributed by atoms with E-state index in [1.807, 2.05) is 11.0 Å². The summed E-state index contributed by atoms with van der Waals surface area (Å²) in [7, 11) is 0. The summed E-state index contributed by atoms with van der Waals surface area (Å²) in [6, 6.07) is 3.65. The minimum atomic E-state index is -4.81. The Balaban J connectivity index is 1.65. The van der Waals surface area contributed by atoms with Gasteiger partial charge in [-0.3, -0.25) is 9.69 Å². The van der Waals surface area contributed by atoms with Gasteiger partial charge in [0.2, 0.25) is 0 Å². The second kappa shape index (κ2) is 5.69. The maximum Gasteiger partial charge on any atom is 0.471 e. The van der Waals surface area contributed by atoms with E-state index in [4.69, 9.17) is 5.73 Å². The van der Waals surface area contributed by atoms with Gasteiger partial charge in [-0.15, -0.1) is 0 Å². The third-order valence-corrected chi connectivity index (χ3v) is 3.85. The van der Waals surface area contributed by atoms with Gasteiger partial charge in [-0.1, -0.05) is 0 Å². The van der Waals surface area contributed by atoms with Crippen molar-refractivity contribution in [2.45, 2.75) is 12.7 Å². The molecule has 0 saturated carbocycles. The first kappa shape index (κ1) is 15.5. The van der Waals surface area contributed by atoms with Crippen molar-refractivity contribution in [3.8, 4) is 0 Å². The molecule has 7 nitrogen and oxygen atoms in total. The van der Waals surface area contributed by atoms with Crippen LogP contribution < -0.4 is 5.73 Å². The lowest BCUT2D eigenvalue weighted by atomic mass is 10.3. The molecule has 1 aliphatic rings. The van der Waals surface area contributed by atoms with Crippen molar-refractivity contribution in [3.63, 3.8) is 0 Å². The molecular weight excluding hydrogens is 313 g/mol. The van der Waals surface area contributed by atoms with Crippen LogP contribution in [0.4, 0.5) is 19.0 Å². The van der Waals surface area contributed by atoms with Gasteiger partial charge in [-0.05, 0) is 12.1 Å². The number of alkyl halides is 3. The van der Waals surface area contributed by atoms with Gasteiger partial charge < -0.3 is 10.6 Å². The Kier molecular flexibility index (Phi) is 3.84. The molecule has 0 unspecified atom stereocenters. The molecule has 23 heavy (non-hydrogen) atoms. The summed E-state index contributed by atoms with van der Waals surface area (Å²) in [6.45, 7) is 1.36. The Bertz CT molecular complexity index is 720. The van der Waals surface area contributed by atoms with E-state index < -0.39 is 12.1 Å². The van der Waals surface area contributed by atoms with E-state index in [-0.39, 0.29) is 13.1 Å². The van der Waals surface area contributed by atoms with Crippen molar-refractivity contribution in [2.24, 2.45) is 0 Å². The van der Waals surface area contributed by atoms with Crippen molar-refractivity contribution in [2.75, 3.05) is 31.9 Å². The van der Waals surface area contributed by atoms with E-state index in [1.54, 1.807) is 10.6 Å². The number of carbonyl (C=O) groups excluding carboxylic acids is 1. The molecule has 0 atom stereocenters. The van der Waals surface area contributed by atoms with Crippen molar-refractivity contribution in [3.05, 3.63) is 24.2 Å². The number of hydrogen-bond donors (Lipinski definition) is 1. The normalized spacial score (nSPS) is 16.9. The predicted octanol–water partition coefficient (Wildman–Crippen LogP) is 0.518. The van der Waals surface area contributed by atoms with Gasteiger partial charge >= 0.3 is 12.1 Å². The second-order valence-electron chi connectivity index (χ2n) is 5.33. The maximum absolute atomic E-state index is 12.4. The molecule has 124 valence electrons. The zero-order valence-electron chi connectivity index (χ0n) is 12.1.